The van der Waals surface area contributed by atoms with Crippen molar-refractivity contribution in [2.45, 2.75) is 19.8 Å². The Morgan fingerprint density at radius 1 is 1.15 bits per heavy atom. The number of nitrogens with two attached hydrogens (primary N) is 1. The molecule has 0 aliphatic carbocycles. The molecule has 2 aromatic heterocycles. The number of ether oxygens (including phenoxy) is 2. The van der Waals surface area contributed by atoms with Crippen LogP contribution in [0.3, 0.4) is 0 Å². The molecule has 0 radical (unpaired) electrons. The fraction of sp³-hybridized carbons (Fsp3) is 0.375. The van der Waals surface area contributed by atoms with Crippen LogP contribution in [-0.4, -0.2) is 54.9 Å². The second-order valence-corrected chi connectivity index (χ2v) is 8.38. The Balaban J connectivity index is 1.64. The summed E-state index contributed by atoms with van der Waals surface area (Å²) < 4.78 is 11.3. The Kier molecular flexibility index (Phi) is 5.63. The van der Waals surface area contributed by atoms with Gasteiger partial charge in [-0.05, 0) is 31.2 Å². The number of nitrogens with one attached hydrogen (secondary N) is 1. The monoisotopic (exact) mass is 447 g/mol. The lowest BCUT2D eigenvalue weighted by atomic mass is 10.1. The minimum absolute atomic E-state index is 0.266. The number of benzene rings is 1. The highest BCUT2D eigenvalue weighted by molar-refractivity contribution is 5.79. The molecule has 3 N–H and O–H groups in total. The van der Waals surface area contributed by atoms with Crippen LogP contribution in [0.4, 0.5) is 34.8 Å². The molecule has 1 fully saturated rings. The Hall–Kier alpha value is -3.59. The van der Waals surface area contributed by atoms with E-state index in [1.54, 1.807) is 7.11 Å². The van der Waals surface area contributed by atoms with Crippen LogP contribution < -0.4 is 25.6 Å². The average molecular weight is 448 g/mol. The topological polar surface area (TPSA) is 102 Å². The number of hydrogen-bond donors (Lipinski definition) is 2. The summed E-state index contributed by atoms with van der Waals surface area (Å²) in [7, 11) is 1.67. The molecule has 0 bridgehead atoms. The largest absolute Gasteiger partial charge is 0.494 e. The third kappa shape index (κ3) is 4.00. The third-order valence-electron chi connectivity index (χ3n) is 6.11. The van der Waals surface area contributed by atoms with Gasteiger partial charge in [-0.1, -0.05) is 13.0 Å². The first-order valence-corrected chi connectivity index (χ1v) is 11.2. The lowest BCUT2D eigenvalue weighted by Gasteiger charge is -2.30. The van der Waals surface area contributed by atoms with E-state index in [9.17, 15) is 0 Å². The van der Waals surface area contributed by atoms with Gasteiger partial charge < -0.3 is 25.4 Å². The highest BCUT2D eigenvalue weighted by Gasteiger charge is 2.28. The Morgan fingerprint density at radius 2 is 1.97 bits per heavy atom. The second-order valence-electron chi connectivity index (χ2n) is 8.38. The summed E-state index contributed by atoms with van der Waals surface area (Å²) in [6, 6.07) is 12.0. The van der Waals surface area contributed by atoms with Gasteiger partial charge in [0.25, 0.3) is 0 Å². The van der Waals surface area contributed by atoms with Crippen molar-refractivity contribution in [3.63, 3.8) is 0 Å². The van der Waals surface area contributed by atoms with E-state index in [0.29, 0.717) is 23.3 Å². The van der Waals surface area contributed by atoms with Crippen LogP contribution in [0.1, 0.15) is 24.1 Å². The lowest BCUT2D eigenvalue weighted by molar-refractivity contribution is 0.122. The number of morpholine rings is 1. The molecule has 1 aromatic carbocycles. The summed E-state index contributed by atoms with van der Waals surface area (Å²) in [5.74, 6) is 3.36. The summed E-state index contributed by atoms with van der Waals surface area (Å²) in [4.78, 5) is 18.5. The van der Waals surface area contributed by atoms with Gasteiger partial charge in [0.05, 0.1) is 26.0 Å². The van der Waals surface area contributed by atoms with Gasteiger partial charge >= 0.3 is 0 Å². The van der Waals surface area contributed by atoms with E-state index in [-0.39, 0.29) is 5.92 Å². The minimum atomic E-state index is 0.266. The molecule has 33 heavy (non-hydrogen) atoms. The molecule has 0 amide bonds. The minimum Gasteiger partial charge on any atom is -0.494 e. The van der Waals surface area contributed by atoms with Gasteiger partial charge in [-0.25, -0.2) is 4.98 Å². The van der Waals surface area contributed by atoms with Gasteiger partial charge in [0.15, 0.2) is 0 Å². The molecule has 1 saturated heterocycles. The van der Waals surface area contributed by atoms with Crippen molar-refractivity contribution in [2.24, 2.45) is 0 Å². The third-order valence-corrected chi connectivity index (χ3v) is 6.11. The molecule has 3 aromatic rings. The zero-order valence-corrected chi connectivity index (χ0v) is 19.2. The number of aryl methyl sites for hydroxylation is 1. The Morgan fingerprint density at radius 3 is 2.73 bits per heavy atom. The van der Waals surface area contributed by atoms with Crippen molar-refractivity contribution in [1.82, 2.24) is 15.0 Å². The quantitative estimate of drug-likeness (QED) is 0.607. The summed E-state index contributed by atoms with van der Waals surface area (Å²) in [6.45, 7) is 8.00. The lowest BCUT2D eigenvalue weighted by Crippen LogP contribution is -2.36. The Bertz CT molecular complexity index is 1160. The van der Waals surface area contributed by atoms with Crippen LogP contribution in [0, 0.1) is 6.92 Å². The smallest absolute Gasteiger partial charge is 0.239 e. The van der Waals surface area contributed by atoms with Crippen LogP contribution in [0.15, 0.2) is 36.4 Å². The van der Waals surface area contributed by atoms with E-state index in [1.807, 2.05) is 42.2 Å². The molecule has 9 heteroatoms. The number of fused-ring (bicyclic) bond motifs is 1. The number of anilines is 6. The number of rotatable bonds is 5. The molecular weight excluding hydrogens is 418 g/mol. The van der Waals surface area contributed by atoms with Crippen LogP contribution in [-0.2, 0) is 4.74 Å². The van der Waals surface area contributed by atoms with E-state index in [0.717, 1.165) is 61.3 Å². The van der Waals surface area contributed by atoms with Crippen molar-refractivity contribution in [2.75, 3.05) is 60.8 Å². The van der Waals surface area contributed by atoms with Gasteiger partial charge in [-0.3, -0.25) is 4.90 Å². The molecule has 9 nitrogen and oxygen atoms in total. The van der Waals surface area contributed by atoms with E-state index < -0.39 is 0 Å². The molecule has 172 valence electrons. The fourth-order valence-electron chi connectivity index (χ4n) is 4.40. The van der Waals surface area contributed by atoms with E-state index >= 15 is 0 Å². The predicted molar refractivity (Wildman–Crippen MR) is 130 cm³/mol. The predicted octanol–water partition coefficient (Wildman–Crippen LogP) is 3.61. The SMILES string of the molecule is COc1cc(N2CCOCC2)ccc1N(c1cccc(C)n1)c1nc(N)c2c(n1)NCC2C. The van der Waals surface area contributed by atoms with Crippen molar-refractivity contribution in [1.29, 1.82) is 0 Å². The molecule has 2 aliphatic rings. The Labute approximate surface area is 193 Å². The van der Waals surface area contributed by atoms with E-state index in [1.165, 1.54) is 0 Å². The molecular formula is C24H29N7O2. The van der Waals surface area contributed by atoms with Crippen molar-refractivity contribution in [3.8, 4) is 5.75 Å². The number of nitrogens with zero attached hydrogens (tertiary/aromatic N) is 5. The maximum atomic E-state index is 6.39. The number of pyridine rings is 1. The van der Waals surface area contributed by atoms with Gasteiger partial charge in [-0.2, -0.15) is 9.97 Å². The zero-order valence-electron chi connectivity index (χ0n) is 19.2. The van der Waals surface area contributed by atoms with E-state index in [2.05, 4.69) is 23.2 Å². The summed E-state index contributed by atoms with van der Waals surface area (Å²) >= 11 is 0. The number of aromatic nitrogens is 3. The molecule has 4 heterocycles. The normalized spacial score (nSPS) is 17.4. The second kappa shape index (κ2) is 8.74. The maximum Gasteiger partial charge on any atom is 0.239 e. The molecule has 1 atom stereocenters. The molecule has 0 spiro atoms. The van der Waals surface area contributed by atoms with Gasteiger partial charge in [0, 0.05) is 48.6 Å². The highest BCUT2D eigenvalue weighted by atomic mass is 16.5. The van der Waals surface area contributed by atoms with Gasteiger partial charge in [-0.15, -0.1) is 0 Å². The molecule has 1 unspecified atom stereocenters. The van der Waals surface area contributed by atoms with Crippen LogP contribution in [0.25, 0.3) is 0 Å². The fourth-order valence-corrected chi connectivity index (χ4v) is 4.40. The van der Waals surface area contributed by atoms with Crippen LogP contribution in [0.2, 0.25) is 0 Å². The van der Waals surface area contributed by atoms with Crippen LogP contribution >= 0.6 is 0 Å². The van der Waals surface area contributed by atoms with E-state index in [4.69, 9.17) is 30.2 Å². The molecule has 0 saturated carbocycles. The first-order valence-electron chi connectivity index (χ1n) is 11.2. The molecule has 5 rings (SSSR count). The van der Waals surface area contributed by atoms with Crippen molar-refractivity contribution < 1.29 is 9.47 Å². The summed E-state index contributed by atoms with van der Waals surface area (Å²) in [5, 5.41) is 3.35. The van der Waals surface area contributed by atoms with Crippen LogP contribution in [0.5, 0.6) is 5.75 Å². The highest BCUT2D eigenvalue weighted by Crippen LogP contribution is 2.42. The maximum absolute atomic E-state index is 6.39. The zero-order chi connectivity index (χ0) is 22.9. The summed E-state index contributed by atoms with van der Waals surface area (Å²) in [5.41, 5.74) is 10.1. The first kappa shape index (κ1) is 21.3. The summed E-state index contributed by atoms with van der Waals surface area (Å²) in [6.07, 6.45) is 0. The number of nitrogen functional groups attached to an aromatic ring is 1. The number of hydrogen-bond acceptors (Lipinski definition) is 9. The standard InChI is InChI=1S/C24H29N7O2/c1-15-14-26-23-21(15)22(25)28-24(29-23)31(20-6-4-5-16(2)27-20)18-8-7-17(13-19(18)32-3)30-9-11-33-12-10-30/h4-8,13,15H,9-12,14H2,1-3H3,(H3,25,26,28,29). The van der Waals surface area contributed by atoms with Crippen molar-refractivity contribution in [3.05, 3.63) is 47.7 Å². The molecule has 2 aliphatic heterocycles. The van der Waals surface area contributed by atoms with Crippen molar-refractivity contribution >= 4 is 34.8 Å². The van der Waals surface area contributed by atoms with Gasteiger partial charge in [0.1, 0.15) is 23.2 Å². The average Bonchev–Trinajstić information content (AvgIpc) is 3.21. The van der Waals surface area contributed by atoms with Gasteiger partial charge in [0.2, 0.25) is 5.95 Å². The first-order chi connectivity index (χ1) is 16.0. The number of methoxy groups -OCH3 is 1.